The normalized spacial score (nSPS) is 17.2. The highest BCUT2D eigenvalue weighted by atomic mass is 32.1. The highest BCUT2D eigenvalue weighted by Crippen LogP contribution is 2.45. The summed E-state index contributed by atoms with van der Waals surface area (Å²) in [6.45, 7) is 8.53. The van der Waals surface area contributed by atoms with E-state index in [-0.39, 0.29) is 16.7 Å². The van der Waals surface area contributed by atoms with Crippen molar-refractivity contribution in [2.24, 2.45) is 0 Å². The van der Waals surface area contributed by atoms with Gasteiger partial charge in [-0.05, 0) is 60.4 Å². The highest BCUT2D eigenvalue weighted by molar-refractivity contribution is 7.22. The van der Waals surface area contributed by atoms with Gasteiger partial charge in [-0.3, -0.25) is 19.5 Å². The monoisotopic (exact) mass is 543 g/mol. The summed E-state index contributed by atoms with van der Waals surface area (Å²) >= 11 is 1.28. The van der Waals surface area contributed by atoms with Crippen molar-refractivity contribution < 1.29 is 24.2 Å². The number of benzene rings is 2. The molecule has 1 fully saturated rings. The Hall–Kier alpha value is -4.24. The van der Waals surface area contributed by atoms with Crippen LogP contribution < -0.4 is 14.4 Å². The van der Waals surface area contributed by atoms with Gasteiger partial charge in [-0.15, -0.1) is 0 Å². The van der Waals surface area contributed by atoms with Crippen molar-refractivity contribution in [1.29, 1.82) is 0 Å². The molecule has 1 amide bonds. The third-order valence-corrected chi connectivity index (χ3v) is 7.61. The number of Topliss-reactive ketones (excluding diaryl/α,β-unsaturated/α-hetero) is 1. The molecule has 1 unspecified atom stereocenters. The van der Waals surface area contributed by atoms with Crippen LogP contribution in [0.2, 0.25) is 0 Å². The van der Waals surface area contributed by atoms with Gasteiger partial charge in [0, 0.05) is 23.5 Å². The third-order valence-electron chi connectivity index (χ3n) is 6.59. The van der Waals surface area contributed by atoms with Gasteiger partial charge in [0.05, 0.1) is 35.5 Å². The lowest BCUT2D eigenvalue weighted by atomic mass is 9.84. The largest absolute Gasteiger partial charge is 0.507 e. The Balaban J connectivity index is 1.69. The Bertz CT molecular complexity index is 1600. The van der Waals surface area contributed by atoms with Gasteiger partial charge in [-0.25, -0.2) is 4.98 Å². The van der Waals surface area contributed by atoms with Crippen LogP contribution in [0.4, 0.5) is 5.13 Å². The molecule has 2 aromatic heterocycles. The van der Waals surface area contributed by atoms with E-state index in [9.17, 15) is 14.7 Å². The minimum atomic E-state index is -0.911. The van der Waals surface area contributed by atoms with Gasteiger partial charge in [-0.2, -0.15) is 0 Å². The fraction of sp³-hybridized carbons (Fsp3) is 0.267. The highest BCUT2D eigenvalue weighted by Gasteiger charge is 2.48. The number of ketones is 1. The molecule has 0 saturated carbocycles. The van der Waals surface area contributed by atoms with E-state index in [0.717, 1.165) is 10.3 Å². The Kier molecular flexibility index (Phi) is 6.86. The number of anilines is 1. The summed E-state index contributed by atoms with van der Waals surface area (Å²) in [5.41, 5.74) is 2.22. The Morgan fingerprint density at radius 3 is 2.59 bits per heavy atom. The Labute approximate surface area is 230 Å². The molecule has 4 aromatic rings. The first kappa shape index (κ1) is 26.4. The first-order valence-corrected chi connectivity index (χ1v) is 13.4. The molecule has 1 atom stereocenters. The average molecular weight is 544 g/mol. The molecule has 0 aliphatic carbocycles. The van der Waals surface area contributed by atoms with Crippen molar-refractivity contribution in [2.45, 2.75) is 39.2 Å². The van der Waals surface area contributed by atoms with Crippen LogP contribution in [0.25, 0.3) is 16.0 Å². The zero-order valence-corrected chi connectivity index (χ0v) is 23.2. The van der Waals surface area contributed by atoms with Crippen LogP contribution >= 0.6 is 11.3 Å². The molecular formula is C30H29N3O5S. The second kappa shape index (κ2) is 10.1. The lowest BCUT2D eigenvalue weighted by Gasteiger charge is -2.24. The molecule has 5 rings (SSSR count). The number of fused-ring (bicyclic) bond motifs is 1. The molecule has 39 heavy (non-hydrogen) atoms. The molecule has 0 bridgehead atoms. The zero-order chi connectivity index (χ0) is 27.9. The second-order valence-corrected chi connectivity index (χ2v) is 11.2. The first-order valence-electron chi connectivity index (χ1n) is 12.6. The SMILES string of the molecule is CCOc1ccc2nc(N3C(=O)C(=O)/C(=C(/O)c4ccc(OC)c(C(C)(C)C)c4)C3c3cccnc3)sc2c1. The molecule has 200 valence electrons. The summed E-state index contributed by atoms with van der Waals surface area (Å²) < 4.78 is 12.0. The minimum Gasteiger partial charge on any atom is -0.507 e. The quantitative estimate of drug-likeness (QED) is 0.180. The maximum atomic E-state index is 13.5. The summed E-state index contributed by atoms with van der Waals surface area (Å²) in [5.74, 6) is -0.454. The zero-order valence-electron chi connectivity index (χ0n) is 22.4. The molecule has 8 nitrogen and oxygen atoms in total. The molecular weight excluding hydrogens is 514 g/mol. The molecule has 1 saturated heterocycles. The molecule has 1 aliphatic rings. The fourth-order valence-electron chi connectivity index (χ4n) is 4.73. The van der Waals surface area contributed by atoms with Gasteiger partial charge >= 0.3 is 5.91 Å². The number of pyridine rings is 1. The number of thiazole rings is 1. The van der Waals surface area contributed by atoms with Crippen LogP contribution in [0.1, 0.15) is 50.4 Å². The van der Waals surface area contributed by atoms with E-state index in [1.807, 2.05) is 45.9 Å². The predicted molar refractivity (Wildman–Crippen MR) is 152 cm³/mol. The van der Waals surface area contributed by atoms with Gasteiger partial charge in [0.15, 0.2) is 5.13 Å². The van der Waals surface area contributed by atoms with Crippen LogP contribution in [-0.2, 0) is 15.0 Å². The molecule has 1 N–H and O–H groups in total. The van der Waals surface area contributed by atoms with Crippen molar-refractivity contribution >= 4 is 44.1 Å². The van der Waals surface area contributed by atoms with Crippen molar-refractivity contribution in [2.75, 3.05) is 18.6 Å². The smallest absolute Gasteiger partial charge is 0.301 e. The molecule has 0 spiro atoms. The summed E-state index contributed by atoms with van der Waals surface area (Å²) in [5, 5.41) is 11.9. The number of hydrogen-bond acceptors (Lipinski definition) is 8. The number of carbonyl (C=O) groups excluding carboxylic acids is 2. The molecule has 0 radical (unpaired) electrons. The van der Waals surface area contributed by atoms with E-state index in [1.165, 1.54) is 16.2 Å². The fourth-order valence-corrected chi connectivity index (χ4v) is 5.75. The van der Waals surface area contributed by atoms with E-state index < -0.39 is 17.7 Å². The summed E-state index contributed by atoms with van der Waals surface area (Å²) in [7, 11) is 1.59. The minimum absolute atomic E-state index is 0.0210. The number of rotatable bonds is 6. The van der Waals surface area contributed by atoms with E-state index in [4.69, 9.17) is 9.47 Å². The summed E-state index contributed by atoms with van der Waals surface area (Å²) in [4.78, 5) is 37.3. The number of aliphatic hydroxyl groups excluding tert-OH is 1. The third kappa shape index (κ3) is 4.74. The van der Waals surface area contributed by atoms with Gasteiger partial charge in [0.2, 0.25) is 0 Å². The van der Waals surface area contributed by atoms with Crippen molar-refractivity contribution in [1.82, 2.24) is 9.97 Å². The number of nitrogens with zero attached hydrogens (tertiary/aromatic N) is 3. The first-order chi connectivity index (χ1) is 18.6. The number of amides is 1. The Morgan fingerprint density at radius 2 is 1.92 bits per heavy atom. The van der Waals surface area contributed by atoms with Crippen molar-refractivity contribution in [3.8, 4) is 11.5 Å². The van der Waals surface area contributed by atoms with Crippen LogP contribution in [0.3, 0.4) is 0 Å². The maximum absolute atomic E-state index is 13.5. The van der Waals surface area contributed by atoms with Gasteiger partial charge < -0.3 is 14.6 Å². The predicted octanol–water partition coefficient (Wildman–Crippen LogP) is 6.02. The van der Waals surface area contributed by atoms with Crippen LogP contribution in [0.15, 0.2) is 66.5 Å². The topological polar surface area (TPSA) is 102 Å². The van der Waals surface area contributed by atoms with Gasteiger partial charge in [0.1, 0.15) is 17.3 Å². The number of methoxy groups -OCH3 is 1. The van der Waals surface area contributed by atoms with Crippen molar-refractivity contribution in [3.63, 3.8) is 0 Å². The molecule has 3 heterocycles. The lowest BCUT2D eigenvalue weighted by Crippen LogP contribution is -2.29. The van der Waals surface area contributed by atoms with E-state index in [2.05, 4.69) is 9.97 Å². The number of aliphatic hydroxyl groups is 1. The maximum Gasteiger partial charge on any atom is 0.301 e. The summed E-state index contributed by atoms with van der Waals surface area (Å²) in [6.07, 6.45) is 3.20. The summed E-state index contributed by atoms with van der Waals surface area (Å²) in [6, 6.07) is 13.3. The van der Waals surface area contributed by atoms with E-state index in [1.54, 1.807) is 49.8 Å². The molecule has 2 aromatic carbocycles. The van der Waals surface area contributed by atoms with Gasteiger partial charge in [0.25, 0.3) is 5.78 Å². The van der Waals surface area contributed by atoms with Gasteiger partial charge in [-0.1, -0.05) is 38.2 Å². The van der Waals surface area contributed by atoms with E-state index >= 15 is 0 Å². The van der Waals surface area contributed by atoms with Crippen LogP contribution in [-0.4, -0.2) is 40.5 Å². The van der Waals surface area contributed by atoms with Crippen LogP contribution in [0, 0.1) is 0 Å². The number of aromatic nitrogens is 2. The van der Waals surface area contributed by atoms with E-state index in [0.29, 0.717) is 39.9 Å². The number of carbonyl (C=O) groups is 2. The van der Waals surface area contributed by atoms with Crippen LogP contribution in [0.5, 0.6) is 11.5 Å². The molecule has 9 heteroatoms. The number of ether oxygens (including phenoxy) is 2. The average Bonchev–Trinajstić information content (AvgIpc) is 3.45. The Morgan fingerprint density at radius 1 is 1.13 bits per heavy atom. The standard InChI is InChI=1S/C30H29N3O5S/c1-6-38-19-10-11-21-23(15-19)39-29(32-21)33-25(18-8-7-13-31-16-18)24(27(35)28(33)36)26(34)17-9-12-22(37-5)20(14-17)30(2,3)4/h7-16,25,34H,6H2,1-5H3/b26-24+. The van der Waals surface area contributed by atoms with Crippen molar-refractivity contribution in [3.05, 3.63) is 83.2 Å². The lowest BCUT2D eigenvalue weighted by molar-refractivity contribution is -0.132. The molecule has 1 aliphatic heterocycles. The second-order valence-electron chi connectivity index (χ2n) is 10.2. The number of hydrogen-bond donors (Lipinski definition) is 1.